The van der Waals surface area contributed by atoms with Crippen molar-refractivity contribution in [3.63, 3.8) is 0 Å². The van der Waals surface area contributed by atoms with Gasteiger partial charge in [0.1, 0.15) is 12.4 Å². The number of amides is 2. The van der Waals surface area contributed by atoms with Crippen LogP contribution in [0.15, 0.2) is 30.9 Å². The van der Waals surface area contributed by atoms with Gasteiger partial charge < -0.3 is 20.4 Å². The zero-order valence-corrected chi connectivity index (χ0v) is 16.8. The maximum absolute atomic E-state index is 12.6. The lowest BCUT2D eigenvalue weighted by Gasteiger charge is -2.36. The maximum Gasteiger partial charge on any atom is 0.242 e. The molecule has 2 aromatic heterocycles. The number of aromatic amines is 1. The largest absolute Gasteiger partial charge is 0.376 e. The lowest BCUT2D eigenvalue weighted by Crippen LogP contribution is -2.51. The number of carbonyl (C=O) groups is 2. The zero-order valence-electron chi connectivity index (χ0n) is 16.8. The van der Waals surface area contributed by atoms with Crippen LogP contribution < -0.4 is 10.6 Å². The van der Waals surface area contributed by atoms with Gasteiger partial charge in [-0.25, -0.2) is 4.98 Å². The van der Waals surface area contributed by atoms with Crippen LogP contribution in [0.25, 0.3) is 0 Å². The number of ether oxygens (including phenoxy) is 1. The number of carbonyl (C=O) groups excluding carboxylic acids is 2. The van der Waals surface area contributed by atoms with E-state index in [4.69, 9.17) is 4.74 Å². The van der Waals surface area contributed by atoms with Gasteiger partial charge in [0.05, 0.1) is 12.1 Å². The van der Waals surface area contributed by atoms with E-state index in [0.717, 1.165) is 25.1 Å². The number of hydrogen-bond acceptors (Lipinski definition) is 5. The second-order valence-corrected chi connectivity index (χ2v) is 7.37. The molecule has 1 saturated carbocycles. The van der Waals surface area contributed by atoms with Crippen LogP contribution in [0.1, 0.15) is 38.4 Å². The summed E-state index contributed by atoms with van der Waals surface area (Å²) in [4.78, 5) is 32.3. The Labute approximate surface area is 170 Å². The Morgan fingerprint density at radius 1 is 1.34 bits per heavy atom. The third kappa shape index (κ3) is 6.42. The normalized spacial score (nSPS) is 21.6. The second kappa shape index (κ2) is 10.8. The van der Waals surface area contributed by atoms with E-state index in [9.17, 15) is 9.59 Å². The molecule has 0 aliphatic heterocycles. The first kappa shape index (κ1) is 21.0. The third-order valence-electron chi connectivity index (χ3n) is 5.12. The van der Waals surface area contributed by atoms with Gasteiger partial charge in [0.2, 0.25) is 11.8 Å². The molecule has 0 bridgehead atoms. The highest BCUT2D eigenvalue weighted by molar-refractivity contribution is 5.79. The fraction of sp³-hybridized carbons (Fsp3) is 0.600. The SMILES string of the molecule is CCCO[C@@H]1CC[C@H](C(=O)NCCc2ncc[nH]2)C[C@H]1NC(=O)Cn1cccn1. The van der Waals surface area contributed by atoms with Crippen molar-refractivity contribution in [2.24, 2.45) is 5.92 Å². The molecule has 3 N–H and O–H groups in total. The lowest BCUT2D eigenvalue weighted by atomic mass is 9.83. The highest BCUT2D eigenvalue weighted by Gasteiger charge is 2.35. The molecule has 0 aromatic carbocycles. The van der Waals surface area contributed by atoms with E-state index < -0.39 is 0 Å². The summed E-state index contributed by atoms with van der Waals surface area (Å²) in [6, 6.07) is 1.60. The summed E-state index contributed by atoms with van der Waals surface area (Å²) in [6.45, 7) is 3.40. The van der Waals surface area contributed by atoms with Crippen LogP contribution >= 0.6 is 0 Å². The first-order chi connectivity index (χ1) is 14.2. The van der Waals surface area contributed by atoms with Crippen molar-refractivity contribution in [3.05, 3.63) is 36.7 Å². The highest BCUT2D eigenvalue weighted by Crippen LogP contribution is 2.27. The maximum atomic E-state index is 12.6. The van der Waals surface area contributed by atoms with E-state index in [0.29, 0.717) is 26.0 Å². The molecule has 3 atom stereocenters. The molecule has 2 aromatic rings. The molecule has 1 fully saturated rings. The number of H-pyrrole nitrogens is 1. The van der Waals surface area contributed by atoms with Crippen molar-refractivity contribution in [3.8, 4) is 0 Å². The Kier molecular flexibility index (Phi) is 7.80. The Balaban J connectivity index is 1.52. The highest BCUT2D eigenvalue weighted by atomic mass is 16.5. The van der Waals surface area contributed by atoms with Gasteiger partial charge in [-0.05, 0) is 31.7 Å². The third-order valence-corrected chi connectivity index (χ3v) is 5.12. The summed E-state index contributed by atoms with van der Waals surface area (Å²) in [7, 11) is 0. The fourth-order valence-electron chi connectivity index (χ4n) is 3.68. The van der Waals surface area contributed by atoms with Gasteiger partial charge in [-0.1, -0.05) is 6.92 Å². The monoisotopic (exact) mass is 402 g/mol. The van der Waals surface area contributed by atoms with E-state index in [1.165, 1.54) is 0 Å². The molecule has 0 spiro atoms. The zero-order chi connectivity index (χ0) is 20.5. The number of aromatic nitrogens is 4. The van der Waals surface area contributed by atoms with Crippen molar-refractivity contribution in [1.82, 2.24) is 30.4 Å². The van der Waals surface area contributed by atoms with E-state index in [1.54, 1.807) is 35.5 Å². The minimum absolute atomic E-state index is 0.0248. The number of nitrogens with one attached hydrogen (secondary N) is 3. The van der Waals surface area contributed by atoms with Crippen molar-refractivity contribution in [1.29, 1.82) is 0 Å². The van der Waals surface area contributed by atoms with Gasteiger partial charge in [-0.15, -0.1) is 0 Å². The summed E-state index contributed by atoms with van der Waals surface area (Å²) in [5.74, 6) is 0.619. The molecule has 9 nitrogen and oxygen atoms in total. The average molecular weight is 402 g/mol. The molecule has 0 radical (unpaired) electrons. The molecule has 29 heavy (non-hydrogen) atoms. The van der Waals surface area contributed by atoms with Crippen molar-refractivity contribution < 1.29 is 14.3 Å². The van der Waals surface area contributed by atoms with Crippen LogP contribution in [-0.2, 0) is 27.3 Å². The number of rotatable bonds is 10. The van der Waals surface area contributed by atoms with Gasteiger partial charge in [-0.2, -0.15) is 5.10 Å². The Hall–Kier alpha value is -2.68. The molecule has 158 valence electrons. The molecule has 2 heterocycles. The molecular weight excluding hydrogens is 372 g/mol. The van der Waals surface area contributed by atoms with Gasteiger partial charge in [0.15, 0.2) is 0 Å². The van der Waals surface area contributed by atoms with Crippen LogP contribution in [0.2, 0.25) is 0 Å². The summed E-state index contributed by atoms with van der Waals surface area (Å²) in [5, 5.41) is 10.1. The molecule has 1 aliphatic rings. The van der Waals surface area contributed by atoms with Crippen molar-refractivity contribution >= 4 is 11.8 Å². The van der Waals surface area contributed by atoms with Crippen LogP contribution in [0, 0.1) is 5.92 Å². The smallest absolute Gasteiger partial charge is 0.242 e. The number of nitrogens with zero attached hydrogens (tertiary/aromatic N) is 3. The van der Waals surface area contributed by atoms with Crippen LogP contribution in [0.5, 0.6) is 0 Å². The Morgan fingerprint density at radius 2 is 2.24 bits per heavy atom. The van der Waals surface area contributed by atoms with Crippen LogP contribution in [-0.4, -0.2) is 56.9 Å². The Bertz CT molecular complexity index is 746. The van der Waals surface area contributed by atoms with Gasteiger partial charge in [0, 0.05) is 50.3 Å². The molecular formula is C20H30N6O3. The quantitative estimate of drug-likeness (QED) is 0.550. The predicted molar refractivity (Wildman–Crippen MR) is 107 cm³/mol. The van der Waals surface area contributed by atoms with Gasteiger partial charge >= 0.3 is 0 Å². The summed E-state index contributed by atoms with van der Waals surface area (Å²) in [5.41, 5.74) is 0. The first-order valence-electron chi connectivity index (χ1n) is 10.3. The topological polar surface area (TPSA) is 114 Å². The van der Waals surface area contributed by atoms with Crippen LogP contribution in [0.4, 0.5) is 0 Å². The molecule has 0 unspecified atom stereocenters. The fourth-order valence-corrected chi connectivity index (χ4v) is 3.68. The lowest BCUT2D eigenvalue weighted by molar-refractivity contribution is -0.130. The summed E-state index contributed by atoms with van der Waals surface area (Å²) in [6.07, 6.45) is 10.5. The average Bonchev–Trinajstić information content (AvgIpc) is 3.41. The Morgan fingerprint density at radius 3 is 2.97 bits per heavy atom. The summed E-state index contributed by atoms with van der Waals surface area (Å²) < 4.78 is 7.54. The van der Waals surface area contributed by atoms with E-state index >= 15 is 0 Å². The first-order valence-corrected chi connectivity index (χ1v) is 10.3. The summed E-state index contributed by atoms with van der Waals surface area (Å²) >= 11 is 0. The predicted octanol–water partition coefficient (Wildman–Crippen LogP) is 1.05. The van der Waals surface area contributed by atoms with Gasteiger partial charge in [-0.3, -0.25) is 14.3 Å². The van der Waals surface area contributed by atoms with E-state index in [2.05, 4.69) is 32.6 Å². The molecule has 1 aliphatic carbocycles. The molecule has 0 saturated heterocycles. The number of imidazole rings is 1. The second-order valence-electron chi connectivity index (χ2n) is 7.37. The number of hydrogen-bond donors (Lipinski definition) is 3. The van der Waals surface area contributed by atoms with Crippen molar-refractivity contribution in [2.45, 2.75) is 57.7 Å². The van der Waals surface area contributed by atoms with Crippen molar-refractivity contribution in [2.75, 3.05) is 13.2 Å². The minimum atomic E-state index is -0.181. The van der Waals surface area contributed by atoms with E-state index in [-0.39, 0.29) is 36.4 Å². The molecule has 3 rings (SSSR count). The van der Waals surface area contributed by atoms with Gasteiger partial charge in [0.25, 0.3) is 0 Å². The molecule has 2 amide bonds. The standard InChI is InChI=1S/C20H30N6O3/c1-2-12-29-17-5-4-15(20(28)23-8-6-18-21-9-10-22-18)13-16(17)25-19(27)14-26-11-3-7-24-26/h3,7,9-11,15-17H,2,4-6,8,12-14H2,1H3,(H,21,22)(H,23,28)(H,25,27)/t15-,16+,17+/m0/s1. The van der Waals surface area contributed by atoms with Crippen LogP contribution in [0.3, 0.4) is 0 Å². The molecule has 9 heteroatoms. The minimum Gasteiger partial charge on any atom is -0.376 e. The van der Waals surface area contributed by atoms with E-state index in [1.807, 2.05) is 0 Å².